The molecule has 0 N–H and O–H groups in total. The van der Waals surface area contributed by atoms with Crippen molar-refractivity contribution in [3.05, 3.63) is 82.3 Å². The first-order valence-electron chi connectivity index (χ1n) is 9.38. The molecule has 2 aromatic rings. The summed E-state index contributed by atoms with van der Waals surface area (Å²) in [4.78, 5) is 27.2. The number of carbonyl (C=O) groups excluding carboxylic acids is 2. The van der Waals surface area contributed by atoms with Crippen LogP contribution in [0.5, 0.6) is 0 Å². The maximum absolute atomic E-state index is 13.8. The van der Waals surface area contributed by atoms with Crippen molar-refractivity contribution in [1.82, 2.24) is 4.90 Å². The van der Waals surface area contributed by atoms with Crippen LogP contribution in [-0.4, -0.2) is 23.4 Å². The summed E-state index contributed by atoms with van der Waals surface area (Å²) in [6.07, 6.45) is 0.0175. The Morgan fingerprint density at radius 3 is 2.72 bits per heavy atom. The average Bonchev–Trinajstić information content (AvgIpc) is 2.71. The highest BCUT2D eigenvalue weighted by Crippen LogP contribution is 2.38. The number of amides is 1. The number of carbonyl (C=O) groups is 2. The number of halogens is 1. The zero-order valence-electron chi connectivity index (χ0n) is 16.3. The van der Waals surface area contributed by atoms with E-state index in [0.717, 1.165) is 0 Å². The molecule has 0 saturated carbocycles. The Morgan fingerprint density at radius 2 is 2.03 bits per heavy atom. The van der Waals surface area contributed by atoms with Crippen molar-refractivity contribution >= 4 is 11.9 Å². The molecule has 0 unspecified atom stereocenters. The number of nitriles is 1. The minimum absolute atomic E-state index is 0.0175. The summed E-state index contributed by atoms with van der Waals surface area (Å²) in [7, 11) is 0. The molecule has 148 valence electrons. The Kier molecular flexibility index (Phi) is 6.08. The van der Waals surface area contributed by atoms with Gasteiger partial charge in [0.25, 0.3) is 0 Å². The molecule has 0 radical (unpaired) electrons. The lowest BCUT2D eigenvalue weighted by molar-refractivity contribution is -0.140. The Morgan fingerprint density at radius 1 is 1.28 bits per heavy atom. The molecule has 1 heterocycles. The maximum atomic E-state index is 13.8. The van der Waals surface area contributed by atoms with Crippen molar-refractivity contribution < 1.29 is 18.7 Å². The van der Waals surface area contributed by atoms with E-state index in [-0.39, 0.29) is 25.5 Å². The molecule has 0 bridgehead atoms. The molecule has 3 rings (SSSR count). The minimum atomic E-state index is -0.584. The van der Waals surface area contributed by atoms with Crippen LogP contribution in [0.4, 0.5) is 4.39 Å². The normalized spacial score (nSPS) is 16.6. The number of hydrogen-bond donors (Lipinski definition) is 0. The summed E-state index contributed by atoms with van der Waals surface area (Å²) in [6, 6.07) is 15.1. The lowest BCUT2D eigenvalue weighted by atomic mass is 9.83. The van der Waals surface area contributed by atoms with Gasteiger partial charge < -0.3 is 9.64 Å². The fourth-order valence-electron chi connectivity index (χ4n) is 3.62. The summed E-state index contributed by atoms with van der Waals surface area (Å²) in [6.45, 7) is 3.76. The lowest BCUT2D eigenvalue weighted by Crippen LogP contribution is -2.38. The maximum Gasteiger partial charge on any atom is 0.336 e. The van der Waals surface area contributed by atoms with Gasteiger partial charge in [-0.2, -0.15) is 5.26 Å². The number of benzene rings is 2. The Balaban J connectivity index is 2.06. The first-order chi connectivity index (χ1) is 14.0. The van der Waals surface area contributed by atoms with Crippen molar-refractivity contribution in [1.29, 1.82) is 5.26 Å². The highest BCUT2D eigenvalue weighted by Gasteiger charge is 2.37. The van der Waals surface area contributed by atoms with Gasteiger partial charge in [0.05, 0.1) is 30.4 Å². The van der Waals surface area contributed by atoms with Crippen molar-refractivity contribution in [3.8, 4) is 6.07 Å². The van der Waals surface area contributed by atoms with E-state index in [1.54, 1.807) is 50.2 Å². The molecule has 2 aromatic carbocycles. The van der Waals surface area contributed by atoms with Crippen LogP contribution in [0.3, 0.4) is 0 Å². The molecular formula is C23H21FN2O3. The fourth-order valence-corrected chi connectivity index (χ4v) is 3.62. The SMILES string of the molecule is CCOC(=O)C1=C(C)N(Cc2ccccc2C#N)C(=O)C[C@H]1c1cccc(F)c1. The van der Waals surface area contributed by atoms with Gasteiger partial charge in [0.1, 0.15) is 5.82 Å². The van der Waals surface area contributed by atoms with Crippen molar-refractivity contribution in [2.24, 2.45) is 0 Å². The second kappa shape index (κ2) is 8.70. The molecule has 1 aliphatic rings. The van der Waals surface area contributed by atoms with Gasteiger partial charge in [0.15, 0.2) is 0 Å². The summed E-state index contributed by atoms with van der Waals surface area (Å²) < 4.78 is 19.0. The predicted molar refractivity (Wildman–Crippen MR) is 105 cm³/mol. The standard InChI is InChI=1S/C23H21FN2O3/c1-3-29-23(28)22-15(2)26(14-18-8-5-4-7-17(18)13-25)21(27)12-20(22)16-9-6-10-19(24)11-16/h4-11,20H,3,12,14H2,1-2H3/t20-/m0/s1. The monoisotopic (exact) mass is 392 g/mol. The van der Waals surface area contributed by atoms with E-state index in [2.05, 4.69) is 6.07 Å². The molecule has 1 atom stereocenters. The topological polar surface area (TPSA) is 70.4 Å². The Labute approximate surface area is 169 Å². The first kappa shape index (κ1) is 20.3. The van der Waals surface area contributed by atoms with E-state index in [1.807, 2.05) is 0 Å². The van der Waals surface area contributed by atoms with Crippen LogP contribution in [0.25, 0.3) is 0 Å². The van der Waals surface area contributed by atoms with Gasteiger partial charge in [0, 0.05) is 18.0 Å². The van der Waals surface area contributed by atoms with E-state index in [1.165, 1.54) is 17.0 Å². The highest BCUT2D eigenvalue weighted by molar-refractivity contribution is 5.95. The Hall–Kier alpha value is -3.46. The molecule has 0 aromatic heterocycles. The van der Waals surface area contributed by atoms with Crippen LogP contribution < -0.4 is 0 Å². The predicted octanol–water partition coefficient (Wildman–Crippen LogP) is 4.05. The second-order valence-electron chi connectivity index (χ2n) is 6.78. The molecule has 0 spiro atoms. The van der Waals surface area contributed by atoms with E-state index < -0.39 is 17.7 Å². The zero-order chi connectivity index (χ0) is 21.0. The molecule has 0 fully saturated rings. The van der Waals surface area contributed by atoms with Gasteiger partial charge in [-0.3, -0.25) is 4.79 Å². The van der Waals surface area contributed by atoms with Crippen molar-refractivity contribution in [2.75, 3.05) is 6.61 Å². The van der Waals surface area contributed by atoms with Crippen molar-refractivity contribution in [2.45, 2.75) is 32.7 Å². The molecule has 1 aliphatic heterocycles. The number of ether oxygens (including phenoxy) is 1. The van der Waals surface area contributed by atoms with Crippen LogP contribution in [0.1, 0.15) is 42.9 Å². The fraction of sp³-hybridized carbons (Fsp3) is 0.261. The van der Waals surface area contributed by atoms with Crippen LogP contribution >= 0.6 is 0 Å². The number of rotatable bonds is 5. The quantitative estimate of drug-likeness (QED) is 0.720. The lowest BCUT2D eigenvalue weighted by Gasteiger charge is -2.34. The van der Waals surface area contributed by atoms with Gasteiger partial charge >= 0.3 is 5.97 Å². The molecule has 0 saturated heterocycles. The van der Waals surface area contributed by atoms with Gasteiger partial charge in [0.2, 0.25) is 5.91 Å². The van der Waals surface area contributed by atoms with E-state index in [4.69, 9.17) is 4.74 Å². The summed E-state index contributed by atoms with van der Waals surface area (Å²) >= 11 is 0. The van der Waals surface area contributed by atoms with E-state index >= 15 is 0 Å². The van der Waals surface area contributed by atoms with Crippen LogP contribution in [-0.2, 0) is 20.9 Å². The van der Waals surface area contributed by atoms with E-state index in [0.29, 0.717) is 28.0 Å². The molecule has 5 nitrogen and oxygen atoms in total. The summed E-state index contributed by atoms with van der Waals surface area (Å²) in [5.41, 5.74) is 2.51. The van der Waals surface area contributed by atoms with E-state index in [9.17, 15) is 19.2 Å². The molecule has 0 aliphatic carbocycles. The van der Waals surface area contributed by atoms with Crippen LogP contribution in [0.15, 0.2) is 59.8 Å². The van der Waals surface area contributed by atoms with Gasteiger partial charge in [-0.05, 0) is 43.2 Å². The number of hydrogen-bond acceptors (Lipinski definition) is 4. The molecular weight excluding hydrogens is 371 g/mol. The largest absolute Gasteiger partial charge is 0.463 e. The third kappa shape index (κ3) is 4.19. The third-order valence-electron chi connectivity index (χ3n) is 5.04. The average molecular weight is 392 g/mol. The van der Waals surface area contributed by atoms with Gasteiger partial charge in [-0.1, -0.05) is 30.3 Å². The van der Waals surface area contributed by atoms with Gasteiger partial charge in [-0.15, -0.1) is 0 Å². The summed E-state index contributed by atoms with van der Waals surface area (Å²) in [5, 5.41) is 9.33. The number of nitrogens with zero attached hydrogens (tertiary/aromatic N) is 2. The van der Waals surface area contributed by atoms with Crippen molar-refractivity contribution in [3.63, 3.8) is 0 Å². The van der Waals surface area contributed by atoms with Gasteiger partial charge in [-0.25, -0.2) is 9.18 Å². The number of allylic oxidation sites excluding steroid dienone is 1. The second-order valence-corrected chi connectivity index (χ2v) is 6.78. The third-order valence-corrected chi connectivity index (χ3v) is 5.04. The molecule has 29 heavy (non-hydrogen) atoms. The minimum Gasteiger partial charge on any atom is -0.463 e. The first-order valence-corrected chi connectivity index (χ1v) is 9.38. The zero-order valence-corrected chi connectivity index (χ0v) is 16.3. The van der Waals surface area contributed by atoms with Crippen LogP contribution in [0.2, 0.25) is 0 Å². The molecule has 6 heteroatoms. The van der Waals surface area contributed by atoms with Crippen LogP contribution in [0, 0.1) is 17.1 Å². The smallest absolute Gasteiger partial charge is 0.336 e. The number of esters is 1. The summed E-state index contributed by atoms with van der Waals surface area (Å²) in [5.74, 6) is -1.73. The highest BCUT2D eigenvalue weighted by atomic mass is 19.1. The Bertz CT molecular complexity index is 1020. The molecule has 1 amide bonds.